The van der Waals surface area contributed by atoms with E-state index in [1.807, 2.05) is 0 Å². The molecule has 9 nitrogen and oxygen atoms in total. The maximum atomic E-state index is 11.9. The molecule has 1 aliphatic rings. The smallest absolute Gasteiger partial charge is 0.364 e. The largest absolute Gasteiger partial charge is 0.477 e. The minimum absolute atomic E-state index is 0.0221. The van der Waals surface area contributed by atoms with Crippen molar-refractivity contribution in [1.82, 2.24) is 0 Å². The number of carbonyl (C=O) groups excluding carboxylic acids is 1. The van der Waals surface area contributed by atoms with Crippen LogP contribution < -0.4 is 0 Å². The summed E-state index contributed by atoms with van der Waals surface area (Å²) >= 11 is 0. The van der Waals surface area contributed by atoms with Crippen LogP contribution in [-0.2, 0) is 14.3 Å². The number of ketones is 1. The van der Waals surface area contributed by atoms with Gasteiger partial charge in [0.25, 0.3) is 5.79 Å². The van der Waals surface area contributed by atoms with Gasteiger partial charge in [-0.1, -0.05) is 0 Å². The Labute approximate surface area is 138 Å². The molecule has 1 saturated heterocycles. The molecule has 0 aromatic carbocycles. The fraction of sp³-hybridized carbons (Fsp3) is 0.733. The second-order valence-corrected chi connectivity index (χ2v) is 5.79. The van der Waals surface area contributed by atoms with Gasteiger partial charge in [-0.3, -0.25) is 4.79 Å². The van der Waals surface area contributed by atoms with Crippen molar-refractivity contribution in [2.75, 3.05) is 6.61 Å². The Kier molecular flexibility index (Phi) is 7.28. The van der Waals surface area contributed by atoms with E-state index in [-0.39, 0.29) is 25.0 Å². The average Bonchev–Trinajstić information content (AvgIpc) is 2.53. The predicted molar refractivity (Wildman–Crippen MR) is 78.4 cm³/mol. The van der Waals surface area contributed by atoms with Crippen LogP contribution in [0.1, 0.15) is 25.7 Å². The van der Waals surface area contributed by atoms with Crippen molar-refractivity contribution in [3.05, 3.63) is 0 Å². The van der Waals surface area contributed by atoms with E-state index in [1.54, 1.807) is 0 Å². The predicted octanol–water partition coefficient (Wildman–Crippen LogP) is -2.39. The van der Waals surface area contributed by atoms with Gasteiger partial charge < -0.3 is 35.4 Å². The average molecular weight is 346 g/mol. The van der Waals surface area contributed by atoms with Crippen LogP contribution in [0.3, 0.4) is 0 Å². The molecule has 0 aliphatic carbocycles. The maximum absolute atomic E-state index is 11.9. The van der Waals surface area contributed by atoms with Crippen LogP contribution in [0.5, 0.6) is 0 Å². The lowest BCUT2D eigenvalue weighted by Crippen LogP contribution is -2.61. The summed E-state index contributed by atoms with van der Waals surface area (Å²) in [5.41, 5.74) is 0. The van der Waals surface area contributed by atoms with Gasteiger partial charge in [-0.15, -0.1) is 12.3 Å². The standard InChI is InChI=1S/C15H22O9/c1-2-3-4-8(17)5-9-10(18)6-15(23,14(21)22)24-13(9)12(20)11(19)7-16/h1,9-13,16,18-20,23H,3-7H2,(H,21,22)/t9?,10?,11-,12-,13?,15?/m1/s1. The quantitative estimate of drug-likeness (QED) is 0.263. The molecule has 1 heterocycles. The zero-order valence-electron chi connectivity index (χ0n) is 12.9. The lowest BCUT2D eigenvalue weighted by molar-refractivity contribution is -0.304. The van der Waals surface area contributed by atoms with Crippen molar-refractivity contribution in [3.8, 4) is 12.3 Å². The van der Waals surface area contributed by atoms with Crippen LogP contribution in [0, 0.1) is 18.3 Å². The van der Waals surface area contributed by atoms with Crippen LogP contribution in [0.2, 0.25) is 0 Å². The van der Waals surface area contributed by atoms with E-state index in [2.05, 4.69) is 5.92 Å². The molecule has 9 heteroatoms. The highest BCUT2D eigenvalue weighted by Gasteiger charge is 2.53. The molecule has 1 fully saturated rings. The Morgan fingerprint density at radius 1 is 1.38 bits per heavy atom. The number of aliphatic hydroxyl groups excluding tert-OH is 4. The van der Waals surface area contributed by atoms with Gasteiger partial charge in [-0.05, 0) is 0 Å². The van der Waals surface area contributed by atoms with E-state index in [9.17, 15) is 30.0 Å². The number of carbonyl (C=O) groups is 2. The zero-order chi connectivity index (χ0) is 18.5. The summed E-state index contributed by atoms with van der Waals surface area (Å²) in [5.74, 6) is -3.71. The fourth-order valence-corrected chi connectivity index (χ4v) is 2.63. The second-order valence-electron chi connectivity index (χ2n) is 5.79. The van der Waals surface area contributed by atoms with Crippen LogP contribution >= 0.6 is 0 Å². The van der Waals surface area contributed by atoms with Gasteiger partial charge in [0.1, 0.15) is 18.0 Å². The molecule has 136 valence electrons. The second kappa shape index (κ2) is 8.53. The van der Waals surface area contributed by atoms with E-state index in [4.69, 9.17) is 21.4 Å². The highest BCUT2D eigenvalue weighted by atomic mass is 16.7. The van der Waals surface area contributed by atoms with Crippen molar-refractivity contribution >= 4 is 11.8 Å². The molecule has 1 aliphatic heterocycles. The molecule has 0 radical (unpaired) electrons. The number of carboxylic acids is 1. The molecule has 0 aromatic heterocycles. The number of hydrogen-bond acceptors (Lipinski definition) is 8. The lowest BCUT2D eigenvalue weighted by Gasteiger charge is -2.44. The van der Waals surface area contributed by atoms with Crippen molar-refractivity contribution in [2.24, 2.45) is 5.92 Å². The van der Waals surface area contributed by atoms with Crippen molar-refractivity contribution in [1.29, 1.82) is 0 Å². The van der Waals surface area contributed by atoms with E-state index in [0.717, 1.165) is 0 Å². The van der Waals surface area contributed by atoms with Crippen molar-refractivity contribution < 1.29 is 45.0 Å². The van der Waals surface area contributed by atoms with Gasteiger partial charge in [-0.2, -0.15) is 0 Å². The van der Waals surface area contributed by atoms with Gasteiger partial charge in [0, 0.05) is 31.6 Å². The first-order chi connectivity index (χ1) is 11.2. The molecular weight excluding hydrogens is 324 g/mol. The molecule has 6 N–H and O–H groups in total. The summed E-state index contributed by atoms with van der Waals surface area (Å²) in [6, 6.07) is 0. The summed E-state index contributed by atoms with van der Waals surface area (Å²) in [6.45, 7) is -0.861. The van der Waals surface area contributed by atoms with Crippen LogP contribution in [-0.4, -0.2) is 79.2 Å². The molecule has 0 amide bonds. The first kappa shape index (κ1) is 20.5. The fourth-order valence-electron chi connectivity index (χ4n) is 2.63. The van der Waals surface area contributed by atoms with Gasteiger partial charge in [0.05, 0.1) is 18.8 Å². The van der Waals surface area contributed by atoms with Crippen LogP contribution in [0.25, 0.3) is 0 Å². The monoisotopic (exact) mass is 346 g/mol. The number of hydrogen-bond donors (Lipinski definition) is 6. The Bertz CT molecular complexity index is 500. The Hall–Kier alpha value is -1.54. The summed E-state index contributed by atoms with van der Waals surface area (Å²) in [7, 11) is 0. The molecule has 24 heavy (non-hydrogen) atoms. The molecule has 4 unspecified atom stereocenters. The SMILES string of the molecule is C#CCCC(=O)CC1C(O)CC(O)(C(=O)O)OC1[C@H](O)[C@H](O)CO. The third-order valence-corrected chi connectivity index (χ3v) is 4.00. The van der Waals surface area contributed by atoms with E-state index in [1.165, 1.54) is 0 Å². The van der Waals surface area contributed by atoms with Crippen LogP contribution in [0.4, 0.5) is 0 Å². The van der Waals surface area contributed by atoms with E-state index < -0.39 is 55.1 Å². The lowest BCUT2D eigenvalue weighted by atomic mass is 9.80. The van der Waals surface area contributed by atoms with Gasteiger partial charge in [0.15, 0.2) is 0 Å². The zero-order valence-corrected chi connectivity index (χ0v) is 12.9. The third-order valence-electron chi connectivity index (χ3n) is 4.00. The van der Waals surface area contributed by atoms with Gasteiger partial charge in [-0.25, -0.2) is 4.79 Å². The molecule has 0 bridgehead atoms. The molecule has 0 aromatic rings. The molecule has 0 saturated carbocycles. The normalized spacial score (nSPS) is 32.6. The first-order valence-electron chi connectivity index (χ1n) is 7.40. The Morgan fingerprint density at radius 2 is 2.00 bits per heavy atom. The highest BCUT2D eigenvalue weighted by Crippen LogP contribution is 2.36. The van der Waals surface area contributed by atoms with Crippen molar-refractivity contribution in [2.45, 2.75) is 55.9 Å². The minimum atomic E-state index is -2.78. The third kappa shape index (κ3) is 4.73. The Balaban J connectivity index is 3.02. The van der Waals surface area contributed by atoms with E-state index in [0.29, 0.717) is 0 Å². The molecular formula is C15H22O9. The summed E-state index contributed by atoms with van der Waals surface area (Å²) in [4.78, 5) is 23.0. The number of rotatable bonds is 8. The molecule has 6 atom stereocenters. The van der Waals surface area contributed by atoms with Gasteiger partial charge in [0.2, 0.25) is 0 Å². The summed E-state index contributed by atoms with van der Waals surface area (Å²) in [6.07, 6.45) is -2.34. The number of aliphatic hydroxyl groups is 5. The number of aliphatic carboxylic acids is 1. The number of carboxylic acid groups (broad SMARTS) is 1. The summed E-state index contributed by atoms with van der Waals surface area (Å²) < 4.78 is 4.99. The summed E-state index contributed by atoms with van der Waals surface area (Å²) in [5, 5.41) is 57.6. The van der Waals surface area contributed by atoms with Crippen molar-refractivity contribution in [3.63, 3.8) is 0 Å². The topological polar surface area (TPSA) is 165 Å². The Morgan fingerprint density at radius 3 is 2.50 bits per heavy atom. The highest BCUT2D eigenvalue weighted by molar-refractivity contribution is 5.79. The number of terminal acetylenes is 1. The van der Waals surface area contributed by atoms with Crippen LogP contribution in [0.15, 0.2) is 0 Å². The number of ether oxygens (including phenoxy) is 1. The minimum Gasteiger partial charge on any atom is -0.477 e. The molecule has 1 rings (SSSR count). The first-order valence-corrected chi connectivity index (χ1v) is 7.40. The van der Waals surface area contributed by atoms with E-state index >= 15 is 0 Å². The number of Topliss-reactive ketones (excluding diaryl/α,β-unsaturated/α-hetero) is 1. The molecule has 0 spiro atoms. The maximum Gasteiger partial charge on any atom is 0.364 e. The van der Waals surface area contributed by atoms with Gasteiger partial charge >= 0.3 is 5.97 Å².